The predicted molar refractivity (Wildman–Crippen MR) is 128 cm³/mol. The van der Waals surface area contributed by atoms with Crippen molar-refractivity contribution in [3.8, 4) is 0 Å². The van der Waals surface area contributed by atoms with E-state index in [0.717, 1.165) is 19.4 Å². The summed E-state index contributed by atoms with van der Waals surface area (Å²) in [4.78, 5) is 13.9. The molecule has 1 aliphatic heterocycles. The van der Waals surface area contributed by atoms with Gasteiger partial charge in [0.15, 0.2) is 6.67 Å². The van der Waals surface area contributed by atoms with Gasteiger partial charge in [0, 0.05) is 6.54 Å². The van der Waals surface area contributed by atoms with Gasteiger partial charge in [0.25, 0.3) is 0 Å². The van der Waals surface area contributed by atoms with Crippen molar-refractivity contribution in [2.75, 3.05) is 19.8 Å². The largest absolute Gasteiger partial charge is 0.519 e. The Hall–Kier alpha value is -1.03. The number of unbranched alkanes of at least 4 members (excludes halogenated alkanes) is 16. The smallest absolute Gasteiger partial charge is 0.435 e. The molecular formula is C26H51N2O2+. The van der Waals surface area contributed by atoms with Crippen LogP contribution in [0.15, 0.2) is 12.4 Å². The van der Waals surface area contributed by atoms with Gasteiger partial charge in [-0.3, -0.25) is 0 Å². The lowest BCUT2D eigenvalue weighted by Gasteiger charge is -2.27. The summed E-state index contributed by atoms with van der Waals surface area (Å²) in [7, 11) is 0. The number of carboxylic acid groups (broad SMARTS) is 1. The molecule has 4 heteroatoms. The maximum atomic E-state index is 11.7. The number of carbonyl (C=O) groups is 1. The van der Waals surface area contributed by atoms with Gasteiger partial charge in [0.2, 0.25) is 0 Å². The Morgan fingerprint density at radius 1 is 0.733 bits per heavy atom. The van der Waals surface area contributed by atoms with Crippen molar-refractivity contribution in [1.29, 1.82) is 0 Å². The van der Waals surface area contributed by atoms with Crippen LogP contribution in [0.3, 0.4) is 0 Å². The molecule has 0 spiro atoms. The van der Waals surface area contributed by atoms with Crippen LogP contribution < -0.4 is 0 Å². The predicted octanol–water partition coefficient (Wildman–Crippen LogP) is 8.29. The lowest BCUT2D eigenvalue weighted by molar-refractivity contribution is -0.808. The first-order valence-corrected chi connectivity index (χ1v) is 13.2. The van der Waals surface area contributed by atoms with E-state index in [9.17, 15) is 9.90 Å². The minimum absolute atomic E-state index is 0.0900. The van der Waals surface area contributed by atoms with Crippen molar-refractivity contribution in [3.05, 3.63) is 12.4 Å². The fraction of sp³-hybridized carbons (Fsp3) is 0.885. The Morgan fingerprint density at radius 3 is 1.60 bits per heavy atom. The Morgan fingerprint density at radius 2 is 1.17 bits per heavy atom. The highest BCUT2D eigenvalue weighted by Gasteiger charge is 2.39. The van der Waals surface area contributed by atoms with E-state index in [2.05, 4.69) is 18.7 Å². The van der Waals surface area contributed by atoms with E-state index < -0.39 is 6.09 Å². The van der Waals surface area contributed by atoms with Crippen LogP contribution in [0, 0.1) is 0 Å². The Balaban J connectivity index is 1.88. The first-order chi connectivity index (χ1) is 14.6. The Kier molecular flexibility index (Phi) is 15.9. The summed E-state index contributed by atoms with van der Waals surface area (Å²) in [6.07, 6.45) is 27.4. The van der Waals surface area contributed by atoms with E-state index in [0.29, 0.717) is 13.2 Å². The van der Waals surface area contributed by atoms with Crippen molar-refractivity contribution in [2.45, 2.75) is 129 Å². The number of quaternary nitrogens is 1. The van der Waals surface area contributed by atoms with Gasteiger partial charge in [-0.05, 0) is 12.8 Å². The highest BCUT2D eigenvalue weighted by Crippen LogP contribution is 2.21. The lowest BCUT2D eigenvalue weighted by Crippen LogP contribution is -2.49. The topological polar surface area (TPSA) is 40.5 Å². The summed E-state index contributed by atoms with van der Waals surface area (Å²) in [5.41, 5.74) is 0. The van der Waals surface area contributed by atoms with Gasteiger partial charge in [-0.15, -0.1) is 0 Å². The van der Waals surface area contributed by atoms with Crippen molar-refractivity contribution in [3.63, 3.8) is 0 Å². The van der Waals surface area contributed by atoms with Crippen LogP contribution in [-0.2, 0) is 0 Å². The van der Waals surface area contributed by atoms with Crippen molar-refractivity contribution in [1.82, 2.24) is 4.90 Å². The molecule has 0 saturated carbocycles. The van der Waals surface area contributed by atoms with E-state index >= 15 is 0 Å². The second-order valence-corrected chi connectivity index (χ2v) is 9.45. The third kappa shape index (κ3) is 12.0. The van der Waals surface area contributed by atoms with Gasteiger partial charge in [0.1, 0.15) is 6.20 Å². The third-order valence-electron chi connectivity index (χ3n) is 6.59. The summed E-state index contributed by atoms with van der Waals surface area (Å²) in [5, 5.41) is 9.61. The number of nitrogens with zero attached hydrogens (tertiary/aromatic N) is 2. The van der Waals surface area contributed by atoms with E-state index in [1.165, 1.54) is 103 Å². The molecule has 1 atom stereocenters. The molecule has 1 unspecified atom stereocenters. The molecule has 0 saturated heterocycles. The first-order valence-electron chi connectivity index (χ1n) is 13.2. The minimum Gasteiger partial charge on any atom is -0.435 e. The Bertz CT molecular complexity index is 452. The standard InChI is InChI=1S/C26H50N2O2/c1-3-5-7-8-9-10-11-12-13-14-15-16-17-18-19-20-21-27-22-24-28(25-27,26(29)30)23-6-4-2/h22,24H,3-21,23,25H2,1-2H3/p+1. The molecule has 1 heterocycles. The second kappa shape index (κ2) is 17.6. The van der Waals surface area contributed by atoms with Crippen LogP contribution in [0.1, 0.15) is 129 Å². The van der Waals surface area contributed by atoms with Gasteiger partial charge in [-0.2, -0.15) is 9.28 Å². The summed E-state index contributed by atoms with van der Waals surface area (Å²) >= 11 is 0. The van der Waals surface area contributed by atoms with Gasteiger partial charge in [-0.25, -0.2) is 0 Å². The van der Waals surface area contributed by atoms with Crippen LogP contribution in [0.2, 0.25) is 0 Å². The fourth-order valence-electron chi connectivity index (χ4n) is 4.45. The summed E-state index contributed by atoms with van der Waals surface area (Å²) in [6.45, 7) is 6.71. The zero-order chi connectivity index (χ0) is 21.9. The molecule has 0 aromatic heterocycles. The minimum atomic E-state index is -0.714. The number of rotatable bonds is 20. The zero-order valence-electron chi connectivity index (χ0n) is 20.3. The molecule has 1 N–H and O–H groups in total. The number of hydrogen-bond acceptors (Lipinski definition) is 2. The molecule has 1 rings (SSSR count). The summed E-state index contributed by atoms with van der Waals surface area (Å²) < 4.78 is 0.0900. The van der Waals surface area contributed by atoms with Crippen LogP contribution in [-0.4, -0.2) is 40.3 Å². The molecule has 0 aromatic carbocycles. The second-order valence-electron chi connectivity index (χ2n) is 9.45. The quantitative estimate of drug-likeness (QED) is 0.158. The molecule has 4 nitrogen and oxygen atoms in total. The molecule has 1 amide bonds. The molecule has 0 radical (unpaired) electrons. The molecule has 0 fully saturated rings. The van der Waals surface area contributed by atoms with Gasteiger partial charge in [-0.1, -0.05) is 117 Å². The first kappa shape index (κ1) is 27.0. The van der Waals surface area contributed by atoms with E-state index in [1.54, 1.807) is 0 Å². The van der Waals surface area contributed by atoms with Crippen LogP contribution in [0.5, 0.6) is 0 Å². The highest BCUT2D eigenvalue weighted by molar-refractivity contribution is 5.57. The number of hydrogen-bond donors (Lipinski definition) is 1. The summed E-state index contributed by atoms with van der Waals surface area (Å²) in [5.74, 6) is 0. The van der Waals surface area contributed by atoms with Crippen LogP contribution >= 0.6 is 0 Å². The van der Waals surface area contributed by atoms with Gasteiger partial charge >= 0.3 is 6.09 Å². The van der Waals surface area contributed by atoms with E-state index in [4.69, 9.17) is 0 Å². The fourth-order valence-corrected chi connectivity index (χ4v) is 4.45. The molecular weight excluding hydrogens is 372 g/mol. The Labute approximate surface area is 187 Å². The lowest BCUT2D eigenvalue weighted by atomic mass is 10.0. The summed E-state index contributed by atoms with van der Waals surface area (Å²) in [6, 6.07) is 0. The highest BCUT2D eigenvalue weighted by atomic mass is 16.4. The van der Waals surface area contributed by atoms with Crippen molar-refractivity contribution >= 4 is 6.09 Å². The van der Waals surface area contributed by atoms with Gasteiger partial charge in [0.05, 0.1) is 12.7 Å². The van der Waals surface area contributed by atoms with Crippen LogP contribution in [0.25, 0.3) is 0 Å². The maximum absolute atomic E-state index is 11.7. The van der Waals surface area contributed by atoms with Crippen molar-refractivity contribution in [2.24, 2.45) is 0 Å². The normalized spacial score (nSPS) is 18.4. The number of amides is 1. The monoisotopic (exact) mass is 423 g/mol. The molecule has 1 aliphatic rings. The molecule has 30 heavy (non-hydrogen) atoms. The molecule has 0 aromatic rings. The van der Waals surface area contributed by atoms with E-state index in [-0.39, 0.29) is 4.48 Å². The zero-order valence-corrected chi connectivity index (χ0v) is 20.3. The van der Waals surface area contributed by atoms with Crippen molar-refractivity contribution < 1.29 is 14.4 Å². The third-order valence-corrected chi connectivity index (χ3v) is 6.59. The van der Waals surface area contributed by atoms with Gasteiger partial charge < -0.3 is 10.0 Å². The average molecular weight is 424 g/mol. The molecule has 0 bridgehead atoms. The average Bonchev–Trinajstić information content (AvgIpc) is 3.16. The van der Waals surface area contributed by atoms with E-state index in [1.807, 2.05) is 12.4 Å². The maximum Gasteiger partial charge on any atom is 0.519 e. The van der Waals surface area contributed by atoms with Crippen LogP contribution in [0.4, 0.5) is 4.79 Å². The SMILES string of the molecule is CCCCCCCCCCCCCCCCCCN1C=C[N+](CCCC)(C(=O)O)C1. The molecule has 176 valence electrons. The molecule has 0 aliphatic carbocycles.